The summed E-state index contributed by atoms with van der Waals surface area (Å²) in [5.41, 5.74) is 2.91. The lowest BCUT2D eigenvalue weighted by atomic mass is 9.79. The molecule has 1 aliphatic rings. The van der Waals surface area contributed by atoms with Crippen LogP contribution < -0.4 is 5.32 Å². The molecule has 1 aromatic carbocycles. The topological polar surface area (TPSA) is 12.0 Å². The van der Waals surface area contributed by atoms with E-state index >= 15 is 0 Å². The minimum absolute atomic E-state index is 0.464. The quantitative estimate of drug-likeness (QED) is 0.728. The molecule has 1 N–H and O–H groups in total. The van der Waals surface area contributed by atoms with Crippen LogP contribution in [0.3, 0.4) is 0 Å². The van der Waals surface area contributed by atoms with Crippen LogP contribution in [0.2, 0.25) is 0 Å². The van der Waals surface area contributed by atoms with Crippen molar-refractivity contribution >= 4 is 0 Å². The Labute approximate surface area is 131 Å². The molecular formula is C20H33N. The van der Waals surface area contributed by atoms with Crippen molar-refractivity contribution in [2.24, 2.45) is 11.8 Å². The van der Waals surface area contributed by atoms with Crippen LogP contribution in [-0.4, -0.2) is 6.04 Å². The summed E-state index contributed by atoms with van der Waals surface area (Å²) in [7, 11) is 0. The molecule has 118 valence electrons. The lowest BCUT2D eigenvalue weighted by molar-refractivity contribution is 0.216. The van der Waals surface area contributed by atoms with Gasteiger partial charge in [-0.2, -0.15) is 0 Å². The zero-order chi connectivity index (χ0) is 15.2. The van der Waals surface area contributed by atoms with E-state index in [1.165, 1.54) is 49.7 Å². The molecule has 1 aromatic rings. The second-order valence-corrected chi connectivity index (χ2v) is 7.24. The summed E-state index contributed by atoms with van der Waals surface area (Å²) in [6.07, 6.45) is 7.88. The van der Waals surface area contributed by atoms with Gasteiger partial charge < -0.3 is 5.32 Å². The Balaban J connectivity index is 1.89. The van der Waals surface area contributed by atoms with Crippen molar-refractivity contribution in [2.75, 3.05) is 0 Å². The van der Waals surface area contributed by atoms with Crippen molar-refractivity contribution in [3.05, 3.63) is 35.4 Å². The summed E-state index contributed by atoms with van der Waals surface area (Å²) in [5, 5.41) is 3.87. The van der Waals surface area contributed by atoms with Crippen LogP contribution >= 0.6 is 0 Å². The minimum atomic E-state index is 0.464. The molecule has 1 nitrogen and oxygen atoms in total. The van der Waals surface area contributed by atoms with Crippen LogP contribution in [0.5, 0.6) is 0 Å². The van der Waals surface area contributed by atoms with Gasteiger partial charge in [0.1, 0.15) is 0 Å². The SMILES string of the molecule is CCCCc1ccc(C(C)NC2CCC(C)CC2C)cc1. The van der Waals surface area contributed by atoms with Crippen LogP contribution in [0.15, 0.2) is 24.3 Å². The highest BCUT2D eigenvalue weighted by atomic mass is 15.0. The van der Waals surface area contributed by atoms with E-state index in [0.717, 1.165) is 11.8 Å². The maximum atomic E-state index is 3.87. The van der Waals surface area contributed by atoms with Crippen molar-refractivity contribution < 1.29 is 0 Å². The highest BCUT2D eigenvalue weighted by Crippen LogP contribution is 2.30. The van der Waals surface area contributed by atoms with Gasteiger partial charge in [0.05, 0.1) is 0 Å². The predicted octanol–water partition coefficient (Wildman–Crippen LogP) is 5.50. The van der Waals surface area contributed by atoms with Crippen LogP contribution in [0, 0.1) is 11.8 Å². The first-order valence-electron chi connectivity index (χ1n) is 8.95. The van der Waals surface area contributed by atoms with E-state index in [1.54, 1.807) is 0 Å². The fourth-order valence-corrected chi connectivity index (χ4v) is 3.68. The monoisotopic (exact) mass is 287 g/mol. The molecule has 0 saturated heterocycles. The Bertz CT molecular complexity index is 408. The van der Waals surface area contributed by atoms with Gasteiger partial charge in [0.25, 0.3) is 0 Å². The normalized spacial score (nSPS) is 27.5. The van der Waals surface area contributed by atoms with Gasteiger partial charge in [0.15, 0.2) is 0 Å². The zero-order valence-electron chi connectivity index (χ0n) is 14.4. The minimum Gasteiger partial charge on any atom is -0.307 e. The first-order valence-corrected chi connectivity index (χ1v) is 8.95. The van der Waals surface area contributed by atoms with Gasteiger partial charge in [0, 0.05) is 12.1 Å². The van der Waals surface area contributed by atoms with Gasteiger partial charge >= 0.3 is 0 Å². The number of aryl methyl sites for hydroxylation is 1. The second-order valence-electron chi connectivity index (χ2n) is 7.24. The fourth-order valence-electron chi connectivity index (χ4n) is 3.68. The largest absolute Gasteiger partial charge is 0.307 e. The van der Waals surface area contributed by atoms with Crippen molar-refractivity contribution in [3.63, 3.8) is 0 Å². The Morgan fingerprint density at radius 3 is 2.48 bits per heavy atom. The van der Waals surface area contributed by atoms with E-state index in [-0.39, 0.29) is 0 Å². The average Bonchev–Trinajstić information content (AvgIpc) is 2.48. The molecule has 1 heteroatoms. The zero-order valence-corrected chi connectivity index (χ0v) is 14.4. The molecule has 1 saturated carbocycles. The van der Waals surface area contributed by atoms with E-state index in [9.17, 15) is 0 Å². The Morgan fingerprint density at radius 2 is 1.86 bits per heavy atom. The standard InChI is InChI=1S/C20H33N/c1-5-6-7-18-9-11-19(12-10-18)17(4)21-20-13-8-15(2)14-16(20)3/h9-12,15-17,20-21H,5-8,13-14H2,1-4H3. The number of benzene rings is 1. The lowest BCUT2D eigenvalue weighted by Crippen LogP contribution is -2.40. The van der Waals surface area contributed by atoms with E-state index in [0.29, 0.717) is 12.1 Å². The lowest BCUT2D eigenvalue weighted by Gasteiger charge is -2.35. The van der Waals surface area contributed by atoms with Gasteiger partial charge in [-0.3, -0.25) is 0 Å². The van der Waals surface area contributed by atoms with E-state index in [1.807, 2.05) is 0 Å². The summed E-state index contributed by atoms with van der Waals surface area (Å²) in [4.78, 5) is 0. The Hall–Kier alpha value is -0.820. The summed E-state index contributed by atoms with van der Waals surface area (Å²) in [6.45, 7) is 9.37. The molecule has 0 spiro atoms. The molecule has 21 heavy (non-hydrogen) atoms. The van der Waals surface area contributed by atoms with Crippen LogP contribution in [0.25, 0.3) is 0 Å². The van der Waals surface area contributed by atoms with Crippen LogP contribution in [-0.2, 0) is 6.42 Å². The van der Waals surface area contributed by atoms with Gasteiger partial charge in [-0.05, 0) is 62.0 Å². The highest BCUT2D eigenvalue weighted by Gasteiger charge is 2.26. The molecule has 4 unspecified atom stereocenters. The second kappa shape index (κ2) is 7.98. The third-order valence-corrected chi connectivity index (χ3v) is 5.19. The average molecular weight is 287 g/mol. The highest BCUT2D eigenvalue weighted by molar-refractivity contribution is 5.25. The molecule has 0 amide bonds. The number of hydrogen-bond donors (Lipinski definition) is 1. The molecule has 1 aliphatic carbocycles. The molecule has 0 aliphatic heterocycles. The van der Waals surface area contributed by atoms with Gasteiger partial charge in [0.2, 0.25) is 0 Å². The molecule has 2 rings (SSSR count). The molecule has 4 atom stereocenters. The third kappa shape index (κ3) is 4.85. The number of rotatable bonds is 6. The molecule has 0 aromatic heterocycles. The van der Waals surface area contributed by atoms with Crippen molar-refractivity contribution in [3.8, 4) is 0 Å². The molecular weight excluding hydrogens is 254 g/mol. The van der Waals surface area contributed by atoms with Crippen LogP contribution in [0.4, 0.5) is 0 Å². The van der Waals surface area contributed by atoms with E-state index < -0.39 is 0 Å². The first kappa shape index (κ1) is 16.5. The summed E-state index contributed by atoms with van der Waals surface area (Å²) in [5.74, 6) is 1.71. The molecule has 0 bridgehead atoms. The predicted molar refractivity (Wildman–Crippen MR) is 92.6 cm³/mol. The maximum absolute atomic E-state index is 3.87. The van der Waals surface area contributed by atoms with Gasteiger partial charge in [-0.25, -0.2) is 0 Å². The number of nitrogens with one attached hydrogen (secondary N) is 1. The van der Waals surface area contributed by atoms with E-state index in [4.69, 9.17) is 0 Å². The number of unbranched alkanes of at least 4 members (excludes halogenated alkanes) is 1. The number of hydrogen-bond acceptors (Lipinski definition) is 1. The van der Waals surface area contributed by atoms with Gasteiger partial charge in [-0.15, -0.1) is 0 Å². The Morgan fingerprint density at radius 1 is 1.14 bits per heavy atom. The summed E-state index contributed by atoms with van der Waals surface area (Å²) in [6, 6.07) is 10.4. The third-order valence-electron chi connectivity index (χ3n) is 5.19. The van der Waals surface area contributed by atoms with Crippen LogP contribution in [0.1, 0.15) is 77.0 Å². The maximum Gasteiger partial charge on any atom is 0.0294 e. The molecule has 1 fully saturated rings. The van der Waals surface area contributed by atoms with Crippen molar-refractivity contribution in [1.82, 2.24) is 5.32 Å². The molecule has 0 radical (unpaired) electrons. The van der Waals surface area contributed by atoms with Gasteiger partial charge in [-0.1, -0.05) is 51.5 Å². The molecule has 0 heterocycles. The van der Waals surface area contributed by atoms with E-state index in [2.05, 4.69) is 57.3 Å². The Kier molecular flexibility index (Phi) is 6.29. The van der Waals surface area contributed by atoms with Crippen molar-refractivity contribution in [2.45, 2.75) is 78.3 Å². The first-order chi connectivity index (χ1) is 10.1. The summed E-state index contributed by atoms with van der Waals surface area (Å²) < 4.78 is 0. The summed E-state index contributed by atoms with van der Waals surface area (Å²) >= 11 is 0. The van der Waals surface area contributed by atoms with Crippen molar-refractivity contribution in [1.29, 1.82) is 0 Å². The fraction of sp³-hybridized carbons (Fsp3) is 0.700. The smallest absolute Gasteiger partial charge is 0.0294 e.